The number of hydrogen-bond acceptors (Lipinski definition) is 1. The van der Waals surface area contributed by atoms with Crippen molar-refractivity contribution in [2.24, 2.45) is 17.6 Å². The molecule has 2 aromatic heterocycles. The number of hydrogen-bond donors (Lipinski definition) is 1. The minimum absolute atomic E-state index is 0.271. The smallest absolute Gasteiger partial charge is 0.0541 e. The molecule has 2 N–H and O–H groups in total. The van der Waals surface area contributed by atoms with Gasteiger partial charge in [-0.05, 0) is 135 Å². The van der Waals surface area contributed by atoms with Crippen molar-refractivity contribution in [3.05, 3.63) is 289 Å². The van der Waals surface area contributed by atoms with Gasteiger partial charge in [-0.2, -0.15) is 0 Å². The van der Waals surface area contributed by atoms with Gasteiger partial charge in [-0.3, -0.25) is 0 Å². The molecule has 0 amide bonds. The topological polar surface area (TPSA) is 35.9 Å². The highest BCUT2D eigenvalue weighted by Crippen LogP contribution is 2.39. The Labute approximate surface area is 455 Å². The number of aryl methyl sites for hydroxylation is 1. The molecular formula is C73H79N3. The van der Waals surface area contributed by atoms with E-state index in [1.54, 1.807) is 0 Å². The first-order valence-electron chi connectivity index (χ1n) is 27.1. The number of nitrogens with two attached hydrogens (primary N) is 1. The molecule has 0 spiro atoms. The maximum absolute atomic E-state index is 6.36. The SMILES string of the molecule is C=C/C=C\C=C/C(/C=C\C)Cn1c2c(c3cc(-c4ccc5c(c4)c4c(n5C(/C=C\C(N)=C\C=C/C)=C/C=C)\C=C/C=C\C=C/C=C/C=C/4)ccc31)C=C(C)CC2.CC.CC1C=CC=CC1.Cc1cccc2ccccc12. The Balaban J connectivity index is 0.000000388. The zero-order valence-corrected chi connectivity index (χ0v) is 46.1. The average molecular weight is 998 g/mol. The number of nitrogens with zero attached hydrogens (tertiary/aromatic N) is 2. The molecule has 2 atom stereocenters. The summed E-state index contributed by atoms with van der Waals surface area (Å²) in [4.78, 5) is 0. The molecule has 0 fully saturated rings. The third-order valence-electron chi connectivity index (χ3n) is 13.3. The summed E-state index contributed by atoms with van der Waals surface area (Å²) in [5.74, 6) is 1.04. The van der Waals surface area contributed by atoms with Crippen LogP contribution in [0.2, 0.25) is 0 Å². The molecule has 0 saturated carbocycles. The van der Waals surface area contributed by atoms with Crippen molar-refractivity contribution in [2.75, 3.05) is 0 Å². The second kappa shape index (κ2) is 30.1. The van der Waals surface area contributed by atoms with Crippen LogP contribution in [-0.2, 0) is 13.0 Å². The van der Waals surface area contributed by atoms with E-state index in [2.05, 4.69) is 232 Å². The Kier molecular flexibility index (Phi) is 22.5. The third kappa shape index (κ3) is 15.3. The number of rotatable bonds is 12. The van der Waals surface area contributed by atoms with Crippen LogP contribution in [0.4, 0.5) is 0 Å². The first-order chi connectivity index (χ1) is 37.2. The van der Waals surface area contributed by atoms with Gasteiger partial charge in [0.1, 0.15) is 0 Å². The van der Waals surface area contributed by atoms with Crippen molar-refractivity contribution < 1.29 is 0 Å². The summed E-state index contributed by atoms with van der Waals surface area (Å²) in [5.41, 5.74) is 20.5. The second-order valence-corrected chi connectivity index (χ2v) is 18.8. The van der Waals surface area contributed by atoms with Crippen LogP contribution in [0.5, 0.6) is 0 Å². The van der Waals surface area contributed by atoms with Crippen LogP contribution in [0.25, 0.3) is 67.6 Å². The number of benzene rings is 4. The van der Waals surface area contributed by atoms with Crippen LogP contribution in [0, 0.1) is 18.8 Å². The number of allylic oxidation sites excluding steroid dienone is 28. The second-order valence-electron chi connectivity index (χ2n) is 18.8. The number of fused-ring (bicyclic) bond motifs is 7. The molecule has 2 heterocycles. The van der Waals surface area contributed by atoms with Crippen molar-refractivity contribution in [1.82, 2.24) is 9.13 Å². The standard InChI is InChI=1S/C53H53N3.C11H10.C7H10.C2H6/c1-6-10-12-19-24-41(22-8-3)39-55-50-33-28-40(5)36-47(50)49-38-42(29-34-51(49)55)43-30-35-53-48(37-43)46-26-20-17-15-13-14-16-18-21-27-52(46)56(53)45(23-9-4)32-31-44(54)25-11-7-2;1-9-5-4-7-10-6-2-3-8-11(9)10;1-7-5-3-2-4-6-7;1-2/h6-27,29-32,34-38,41H,1,4,28,33,39,54H2,2-3,5H3;2-8H,1H3;2-5,7H,6H2,1H3;1-2H3/b11-7-,12-10-,14-13-,15-13?,16-14?,17-15+,18-16-,20-17?,21-18?,22-8-,24-19-,26-20+,27-21-,32-31-,44-25-,45-23+,46-26?,52-27?;;;. The van der Waals surface area contributed by atoms with Crippen molar-refractivity contribution in [3.8, 4) is 11.1 Å². The van der Waals surface area contributed by atoms with Crippen LogP contribution in [-0.4, -0.2) is 9.13 Å². The monoisotopic (exact) mass is 998 g/mol. The molecule has 6 aromatic rings. The molecule has 3 aliphatic carbocycles. The molecule has 0 aliphatic heterocycles. The summed E-state index contributed by atoms with van der Waals surface area (Å²) in [6, 6.07) is 28.7. The first kappa shape index (κ1) is 56.9. The summed E-state index contributed by atoms with van der Waals surface area (Å²) in [6.07, 6.45) is 63.7. The fourth-order valence-electron chi connectivity index (χ4n) is 9.56. The van der Waals surface area contributed by atoms with Gasteiger partial charge in [0, 0.05) is 57.0 Å². The summed E-state index contributed by atoms with van der Waals surface area (Å²) < 4.78 is 4.85. The highest BCUT2D eigenvalue weighted by atomic mass is 15.0. The largest absolute Gasteiger partial charge is 0.399 e. The lowest BCUT2D eigenvalue weighted by atomic mass is 9.95. The molecule has 2 unspecified atom stereocenters. The van der Waals surface area contributed by atoms with Gasteiger partial charge in [0.25, 0.3) is 0 Å². The van der Waals surface area contributed by atoms with Crippen LogP contribution in [0.1, 0.15) is 82.5 Å². The molecular weight excluding hydrogens is 919 g/mol. The average Bonchev–Trinajstić information content (AvgIpc) is 3.91. The van der Waals surface area contributed by atoms with Gasteiger partial charge in [0.15, 0.2) is 0 Å². The maximum Gasteiger partial charge on any atom is 0.0541 e. The number of aromatic nitrogens is 2. The maximum atomic E-state index is 6.36. The van der Waals surface area contributed by atoms with E-state index in [1.807, 2.05) is 93.7 Å². The lowest BCUT2D eigenvalue weighted by Gasteiger charge is -2.18. The molecule has 9 rings (SSSR count). The quantitative estimate of drug-likeness (QED) is 0.0962. The van der Waals surface area contributed by atoms with E-state index in [0.29, 0.717) is 5.70 Å². The minimum atomic E-state index is 0.271. The Morgan fingerprint density at radius 3 is 2.01 bits per heavy atom. The summed E-state index contributed by atoms with van der Waals surface area (Å²) in [7, 11) is 0. The van der Waals surface area contributed by atoms with E-state index in [-0.39, 0.29) is 5.92 Å². The Morgan fingerprint density at radius 2 is 1.36 bits per heavy atom. The van der Waals surface area contributed by atoms with E-state index < -0.39 is 0 Å². The predicted molar refractivity (Wildman–Crippen MR) is 340 cm³/mol. The zero-order valence-electron chi connectivity index (χ0n) is 46.1. The highest BCUT2D eigenvalue weighted by Gasteiger charge is 2.22. The molecule has 3 heteroatoms. The fourth-order valence-corrected chi connectivity index (χ4v) is 9.56. The van der Waals surface area contributed by atoms with Gasteiger partial charge >= 0.3 is 0 Å². The van der Waals surface area contributed by atoms with Crippen LogP contribution >= 0.6 is 0 Å². The van der Waals surface area contributed by atoms with Crippen LogP contribution < -0.4 is 5.73 Å². The Morgan fingerprint density at radius 1 is 0.658 bits per heavy atom. The molecule has 4 aromatic carbocycles. The minimum Gasteiger partial charge on any atom is -0.399 e. The van der Waals surface area contributed by atoms with E-state index in [9.17, 15) is 0 Å². The lowest BCUT2D eigenvalue weighted by Crippen LogP contribution is -2.11. The lowest BCUT2D eigenvalue weighted by molar-refractivity contribution is 0.604. The van der Waals surface area contributed by atoms with Gasteiger partial charge in [-0.1, -0.05) is 240 Å². The van der Waals surface area contributed by atoms with Gasteiger partial charge in [0.2, 0.25) is 0 Å². The summed E-state index contributed by atoms with van der Waals surface area (Å²) in [6.45, 7) is 23.5. The molecule has 0 bridgehead atoms. The van der Waals surface area contributed by atoms with Crippen LogP contribution in [0.3, 0.4) is 0 Å². The Bertz CT molecular complexity index is 3420. The summed E-state index contributed by atoms with van der Waals surface area (Å²) in [5, 5.41) is 5.14. The molecule has 0 saturated heterocycles. The summed E-state index contributed by atoms with van der Waals surface area (Å²) >= 11 is 0. The third-order valence-corrected chi connectivity index (χ3v) is 13.3. The van der Waals surface area contributed by atoms with Gasteiger partial charge in [0.05, 0.1) is 11.2 Å². The molecule has 3 nitrogen and oxygen atoms in total. The van der Waals surface area contributed by atoms with E-state index in [0.717, 1.165) is 53.2 Å². The molecule has 386 valence electrons. The van der Waals surface area contributed by atoms with Gasteiger partial charge in [-0.25, -0.2) is 0 Å². The van der Waals surface area contributed by atoms with Gasteiger partial charge < -0.3 is 14.9 Å². The zero-order chi connectivity index (χ0) is 54.1. The van der Waals surface area contributed by atoms with E-state index in [4.69, 9.17) is 5.73 Å². The normalized spacial score (nSPS) is 17.9. The van der Waals surface area contributed by atoms with E-state index >= 15 is 0 Å². The Hall–Kier alpha value is -8.40. The predicted octanol–water partition coefficient (Wildman–Crippen LogP) is 20.1. The van der Waals surface area contributed by atoms with Crippen molar-refractivity contribution in [1.29, 1.82) is 0 Å². The van der Waals surface area contributed by atoms with E-state index in [1.165, 1.54) is 61.6 Å². The molecule has 3 aliphatic rings. The molecule has 76 heavy (non-hydrogen) atoms. The van der Waals surface area contributed by atoms with Crippen molar-refractivity contribution >= 4 is 56.5 Å². The highest BCUT2D eigenvalue weighted by molar-refractivity contribution is 6.01. The van der Waals surface area contributed by atoms with Crippen molar-refractivity contribution in [3.63, 3.8) is 0 Å². The van der Waals surface area contributed by atoms with Crippen LogP contribution in [0.15, 0.2) is 261 Å². The molecule has 0 radical (unpaired) electrons. The van der Waals surface area contributed by atoms with Gasteiger partial charge in [-0.15, -0.1) is 0 Å². The first-order valence-corrected chi connectivity index (χ1v) is 27.1. The van der Waals surface area contributed by atoms with Crippen molar-refractivity contribution in [2.45, 2.75) is 74.3 Å². The fraction of sp³-hybridized carbons (Fsp3) is 0.178.